The van der Waals surface area contributed by atoms with Crippen molar-refractivity contribution in [2.45, 2.75) is 39.5 Å². The lowest BCUT2D eigenvalue weighted by Crippen LogP contribution is -2.20. The number of rotatable bonds is 6. The molecule has 0 spiro atoms. The number of ether oxygens (including phenoxy) is 1. The Bertz CT molecular complexity index is 825. The highest BCUT2D eigenvalue weighted by Gasteiger charge is 2.13. The van der Waals surface area contributed by atoms with Gasteiger partial charge in [-0.15, -0.1) is 0 Å². The van der Waals surface area contributed by atoms with E-state index in [1.165, 1.54) is 11.8 Å². The van der Waals surface area contributed by atoms with Gasteiger partial charge in [0.15, 0.2) is 11.5 Å². The van der Waals surface area contributed by atoms with E-state index < -0.39 is 0 Å². The second-order valence-electron chi connectivity index (χ2n) is 7.20. The maximum Gasteiger partial charge on any atom is 0.244 e. The van der Waals surface area contributed by atoms with Crippen LogP contribution in [-0.2, 0) is 16.6 Å². The van der Waals surface area contributed by atoms with Crippen LogP contribution in [0.15, 0.2) is 41.5 Å². The molecule has 0 atom stereocenters. The topological polar surface area (TPSA) is 70.9 Å². The molecular formula is C21H25IN2O3. The molecule has 0 radical (unpaired) electrons. The van der Waals surface area contributed by atoms with Crippen molar-refractivity contribution in [2.24, 2.45) is 5.10 Å². The quantitative estimate of drug-likeness (QED) is 0.366. The summed E-state index contributed by atoms with van der Waals surface area (Å²) in [7, 11) is 0. The molecule has 2 N–H and O–H groups in total. The molecule has 0 bridgehead atoms. The number of halogens is 1. The van der Waals surface area contributed by atoms with Crippen molar-refractivity contribution in [3.8, 4) is 11.5 Å². The van der Waals surface area contributed by atoms with Gasteiger partial charge >= 0.3 is 0 Å². The molecule has 0 fully saturated rings. The van der Waals surface area contributed by atoms with Crippen LogP contribution in [0, 0.1) is 3.57 Å². The fraction of sp³-hybridized carbons (Fsp3) is 0.333. The summed E-state index contributed by atoms with van der Waals surface area (Å²) >= 11 is 2.02. The Morgan fingerprint density at radius 1 is 1.26 bits per heavy atom. The molecule has 2 aromatic carbocycles. The molecule has 144 valence electrons. The monoisotopic (exact) mass is 480 g/mol. The van der Waals surface area contributed by atoms with Gasteiger partial charge in [-0.2, -0.15) is 5.10 Å². The Labute approximate surface area is 174 Å². The molecule has 27 heavy (non-hydrogen) atoms. The van der Waals surface area contributed by atoms with E-state index >= 15 is 0 Å². The Morgan fingerprint density at radius 3 is 2.52 bits per heavy atom. The van der Waals surface area contributed by atoms with Gasteiger partial charge in [-0.25, -0.2) is 5.43 Å². The predicted octanol–water partition coefficient (Wildman–Crippen LogP) is 4.39. The Balaban J connectivity index is 1.97. The van der Waals surface area contributed by atoms with Crippen LogP contribution in [0.4, 0.5) is 0 Å². The summed E-state index contributed by atoms with van der Waals surface area (Å²) in [6.07, 6.45) is 1.80. The summed E-state index contributed by atoms with van der Waals surface area (Å²) in [6.45, 7) is 8.77. The largest absolute Gasteiger partial charge is 0.504 e. The van der Waals surface area contributed by atoms with E-state index in [9.17, 15) is 9.90 Å². The van der Waals surface area contributed by atoms with Crippen LogP contribution >= 0.6 is 22.6 Å². The first-order valence-electron chi connectivity index (χ1n) is 8.77. The molecule has 0 unspecified atom stereocenters. The molecule has 0 saturated heterocycles. The first-order valence-corrected chi connectivity index (χ1v) is 9.85. The molecule has 0 aliphatic carbocycles. The summed E-state index contributed by atoms with van der Waals surface area (Å²) in [5.41, 5.74) is 5.53. The summed E-state index contributed by atoms with van der Waals surface area (Å²) in [5.74, 6) is 0.321. The van der Waals surface area contributed by atoms with Gasteiger partial charge in [0.25, 0.3) is 0 Å². The Kier molecular flexibility index (Phi) is 7.24. The number of aromatic hydroxyl groups is 1. The van der Waals surface area contributed by atoms with Crippen LogP contribution in [0.1, 0.15) is 44.4 Å². The van der Waals surface area contributed by atoms with Gasteiger partial charge in [0.2, 0.25) is 5.91 Å². The van der Waals surface area contributed by atoms with Crippen LogP contribution in [0.3, 0.4) is 0 Å². The molecule has 2 aromatic rings. The Morgan fingerprint density at radius 2 is 1.93 bits per heavy atom. The van der Waals surface area contributed by atoms with E-state index in [4.69, 9.17) is 4.74 Å². The van der Waals surface area contributed by atoms with Gasteiger partial charge in [-0.3, -0.25) is 4.79 Å². The zero-order valence-electron chi connectivity index (χ0n) is 16.0. The maximum atomic E-state index is 12.1. The number of hydrogen-bond donors (Lipinski definition) is 2. The minimum Gasteiger partial charge on any atom is -0.504 e. The van der Waals surface area contributed by atoms with Crippen LogP contribution in [-0.4, -0.2) is 23.8 Å². The molecule has 5 nitrogen and oxygen atoms in total. The van der Waals surface area contributed by atoms with Crippen LogP contribution in [0.2, 0.25) is 0 Å². The lowest BCUT2D eigenvalue weighted by Gasteiger charge is -2.19. The lowest BCUT2D eigenvalue weighted by molar-refractivity contribution is -0.120. The highest BCUT2D eigenvalue weighted by molar-refractivity contribution is 14.1. The second kappa shape index (κ2) is 9.21. The van der Waals surface area contributed by atoms with Gasteiger partial charge in [0.1, 0.15) is 0 Å². The first-order chi connectivity index (χ1) is 12.7. The predicted molar refractivity (Wildman–Crippen MR) is 117 cm³/mol. The average Bonchev–Trinajstić information content (AvgIpc) is 2.59. The molecule has 6 heteroatoms. The summed E-state index contributed by atoms with van der Waals surface area (Å²) in [6, 6.07) is 11.5. The number of phenolic OH excluding ortho intramolecular Hbond substituents is 1. The van der Waals surface area contributed by atoms with Gasteiger partial charge < -0.3 is 9.84 Å². The molecule has 0 aliphatic heterocycles. The standard InChI is InChI=1S/C21H25IN2O3/c1-5-27-18-11-15(10-17(22)20(18)26)13-23-24-19(25)12-14-6-8-16(9-7-14)21(2,3)4/h6-11,13,26H,5,12H2,1-4H3,(H,24,25)/b23-13+. The van der Waals surface area contributed by atoms with E-state index in [-0.39, 0.29) is 23.5 Å². The number of carbonyl (C=O) groups is 1. The van der Waals surface area contributed by atoms with Crippen LogP contribution < -0.4 is 10.2 Å². The van der Waals surface area contributed by atoms with Crippen molar-refractivity contribution in [3.05, 3.63) is 56.7 Å². The fourth-order valence-corrected chi connectivity index (χ4v) is 3.09. The van der Waals surface area contributed by atoms with Crippen LogP contribution in [0.25, 0.3) is 0 Å². The first kappa shape index (κ1) is 21.2. The molecule has 0 aliphatic rings. The van der Waals surface area contributed by atoms with Crippen molar-refractivity contribution in [2.75, 3.05) is 6.61 Å². The lowest BCUT2D eigenvalue weighted by atomic mass is 9.86. The number of hydrazone groups is 1. The number of hydrogen-bond acceptors (Lipinski definition) is 4. The summed E-state index contributed by atoms with van der Waals surface area (Å²) in [5, 5.41) is 14.0. The molecule has 0 aromatic heterocycles. The van der Waals surface area contributed by atoms with E-state index in [0.717, 1.165) is 11.1 Å². The third kappa shape index (κ3) is 6.23. The van der Waals surface area contributed by atoms with E-state index in [2.05, 4.69) is 43.4 Å². The van der Waals surface area contributed by atoms with E-state index in [1.807, 2.05) is 41.6 Å². The third-order valence-corrected chi connectivity index (χ3v) is 4.76. The second-order valence-corrected chi connectivity index (χ2v) is 8.36. The van der Waals surface area contributed by atoms with Gasteiger partial charge in [0, 0.05) is 0 Å². The van der Waals surface area contributed by atoms with E-state index in [0.29, 0.717) is 15.9 Å². The average molecular weight is 480 g/mol. The normalized spacial score (nSPS) is 11.6. The summed E-state index contributed by atoms with van der Waals surface area (Å²) < 4.78 is 6.05. The van der Waals surface area contributed by atoms with Crippen molar-refractivity contribution < 1.29 is 14.6 Å². The fourth-order valence-electron chi connectivity index (χ4n) is 2.46. The molecular weight excluding hydrogens is 455 g/mol. The van der Waals surface area contributed by atoms with Gasteiger partial charge in [0.05, 0.1) is 22.8 Å². The SMILES string of the molecule is CCOc1cc(/C=N/NC(=O)Cc2ccc(C(C)(C)C)cc2)cc(I)c1O. The van der Waals surface area contributed by atoms with Crippen molar-refractivity contribution in [3.63, 3.8) is 0 Å². The third-order valence-electron chi connectivity index (χ3n) is 3.94. The zero-order valence-corrected chi connectivity index (χ0v) is 18.2. The molecule has 0 heterocycles. The molecule has 1 amide bonds. The molecule has 2 rings (SSSR count). The van der Waals surface area contributed by atoms with Crippen molar-refractivity contribution >= 4 is 34.7 Å². The maximum absolute atomic E-state index is 12.1. The smallest absolute Gasteiger partial charge is 0.244 e. The number of benzene rings is 2. The van der Waals surface area contributed by atoms with Crippen molar-refractivity contribution in [1.82, 2.24) is 5.43 Å². The van der Waals surface area contributed by atoms with Gasteiger partial charge in [-0.05, 0) is 63.8 Å². The minimum atomic E-state index is -0.187. The highest BCUT2D eigenvalue weighted by atomic mass is 127. The summed E-state index contributed by atoms with van der Waals surface area (Å²) in [4.78, 5) is 12.1. The number of nitrogens with one attached hydrogen (secondary N) is 1. The van der Waals surface area contributed by atoms with E-state index in [1.54, 1.807) is 12.1 Å². The number of nitrogens with zero attached hydrogens (tertiary/aromatic N) is 1. The van der Waals surface area contributed by atoms with Crippen molar-refractivity contribution in [1.29, 1.82) is 0 Å². The number of carbonyl (C=O) groups excluding carboxylic acids is 1. The minimum absolute atomic E-state index is 0.0903. The zero-order chi connectivity index (χ0) is 20.0. The Hall–Kier alpha value is -2.09. The number of amides is 1. The highest BCUT2D eigenvalue weighted by Crippen LogP contribution is 2.32. The van der Waals surface area contributed by atoms with Crippen LogP contribution in [0.5, 0.6) is 11.5 Å². The number of phenols is 1. The molecule has 0 saturated carbocycles. The van der Waals surface area contributed by atoms with Gasteiger partial charge in [-0.1, -0.05) is 45.0 Å².